The van der Waals surface area contributed by atoms with Crippen molar-refractivity contribution in [3.05, 3.63) is 16.6 Å². The highest BCUT2D eigenvalue weighted by Crippen LogP contribution is 2.14. The van der Waals surface area contributed by atoms with E-state index in [0.717, 1.165) is 24.4 Å². The maximum atomic E-state index is 12.5. The van der Waals surface area contributed by atoms with Gasteiger partial charge in [0.05, 0.1) is 13.2 Å². The summed E-state index contributed by atoms with van der Waals surface area (Å²) >= 11 is 1.48. The van der Waals surface area contributed by atoms with Gasteiger partial charge in [-0.15, -0.1) is 11.3 Å². The van der Waals surface area contributed by atoms with E-state index in [-0.39, 0.29) is 37.0 Å². The van der Waals surface area contributed by atoms with Gasteiger partial charge in [-0.25, -0.2) is 9.78 Å². The van der Waals surface area contributed by atoms with E-state index in [0.29, 0.717) is 13.1 Å². The van der Waals surface area contributed by atoms with E-state index in [1.807, 2.05) is 24.1 Å². The predicted molar refractivity (Wildman–Crippen MR) is 92.6 cm³/mol. The summed E-state index contributed by atoms with van der Waals surface area (Å²) in [4.78, 5) is 32.2. The fraction of sp³-hybridized carbons (Fsp3) is 0.688. The standard InChI is InChI=1S/C16H26N4O3S/c1-12(2)15(22)19-6-3-4-13(10-19)18-16(23)20(7-8-21)11-14-17-5-9-24-14/h5,9,12-13,21H,3-4,6-8,10-11H2,1-2H3,(H,18,23)/t13-/m1/s1. The van der Waals surface area contributed by atoms with Crippen molar-refractivity contribution in [1.82, 2.24) is 20.1 Å². The van der Waals surface area contributed by atoms with E-state index in [1.165, 1.54) is 11.3 Å². The first kappa shape index (κ1) is 18.7. The van der Waals surface area contributed by atoms with Crippen LogP contribution >= 0.6 is 11.3 Å². The molecule has 2 N–H and O–H groups in total. The molecule has 3 amide bonds. The zero-order chi connectivity index (χ0) is 17.5. The van der Waals surface area contributed by atoms with Crippen molar-refractivity contribution in [2.24, 2.45) is 5.92 Å². The van der Waals surface area contributed by atoms with Gasteiger partial charge in [-0.3, -0.25) is 4.79 Å². The number of aromatic nitrogens is 1. The number of thiazole rings is 1. The first-order chi connectivity index (χ1) is 11.5. The Morgan fingerprint density at radius 3 is 2.96 bits per heavy atom. The minimum atomic E-state index is -0.219. The quantitative estimate of drug-likeness (QED) is 0.806. The van der Waals surface area contributed by atoms with Crippen LogP contribution in [0.5, 0.6) is 0 Å². The second-order valence-electron chi connectivity index (χ2n) is 6.30. The van der Waals surface area contributed by atoms with E-state index in [1.54, 1.807) is 11.1 Å². The number of hydrogen-bond acceptors (Lipinski definition) is 5. The summed E-state index contributed by atoms with van der Waals surface area (Å²) in [5.74, 6) is 0.0965. The van der Waals surface area contributed by atoms with Gasteiger partial charge in [0.1, 0.15) is 5.01 Å². The van der Waals surface area contributed by atoms with Gasteiger partial charge in [0, 0.05) is 43.2 Å². The first-order valence-corrected chi connectivity index (χ1v) is 9.22. The van der Waals surface area contributed by atoms with Crippen molar-refractivity contribution in [1.29, 1.82) is 0 Å². The fourth-order valence-corrected chi connectivity index (χ4v) is 3.42. The topological polar surface area (TPSA) is 85.8 Å². The first-order valence-electron chi connectivity index (χ1n) is 8.34. The molecule has 1 aromatic heterocycles. The lowest BCUT2D eigenvalue weighted by Crippen LogP contribution is -2.53. The van der Waals surface area contributed by atoms with Gasteiger partial charge < -0.3 is 20.2 Å². The number of carbonyl (C=O) groups excluding carboxylic acids is 2. The Hall–Kier alpha value is -1.67. The number of rotatable bonds is 6. The number of aliphatic hydroxyl groups is 1. The lowest BCUT2D eigenvalue weighted by molar-refractivity contribution is -0.135. The summed E-state index contributed by atoms with van der Waals surface area (Å²) in [5.41, 5.74) is 0. The minimum absolute atomic E-state index is 0.0322. The summed E-state index contributed by atoms with van der Waals surface area (Å²) < 4.78 is 0. The number of carbonyl (C=O) groups is 2. The van der Waals surface area contributed by atoms with Crippen molar-refractivity contribution in [2.45, 2.75) is 39.3 Å². The second kappa shape index (κ2) is 8.98. The molecule has 1 saturated heterocycles. The van der Waals surface area contributed by atoms with Crippen molar-refractivity contribution in [3.63, 3.8) is 0 Å². The molecule has 1 atom stereocenters. The van der Waals surface area contributed by atoms with Gasteiger partial charge in [-0.05, 0) is 12.8 Å². The second-order valence-corrected chi connectivity index (χ2v) is 7.28. The van der Waals surface area contributed by atoms with Gasteiger partial charge >= 0.3 is 6.03 Å². The van der Waals surface area contributed by atoms with Gasteiger partial charge in [0.25, 0.3) is 0 Å². The third-order valence-electron chi connectivity index (χ3n) is 4.02. The molecule has 0 unspecified atom stereocenters. The number of nitrogens with one attached hydrogen (secondary N) is 1. The van der Waals surface area contributed by atoms with Gasteiger partial charge in [-0.2, -0.15) is 0 Å². The van der Waals surface area contributed by atoms with Crippen LogP contribution in [0.3, 0.4) is 0 Å². The Kier molecular flexibility index (Phi) is 6.99. The third-order valence-corrected chi connectivity index (χ3v) is 4.79. The Morgan fingerprint density at radius 1 is 1.54 bits per heavy atom. The van der Waals surface area contributed by atoms with Crippen LogP contribution in [0.4, 0.5) is 4.79 Å². The maximum Gasteiger partial charge on any atom is 0.318 e. The van der Waals surface area contributed by atoms with Crippen LogP contribution in [0.25, 0.3) is 0 Å². The summed E-state index contributed by atoms with van der Waals surface area (Å²) in [5, 5.41) is 14.9. The van der Waals surface area contributed by atoms with Crippen LogP contribution in [0.15, 0.2) is 11.6 Å². The van der Waals surface area contributed by atoms with E-state index in [2.05, 4.69) is 10.3 Å². The molecule has 7 nitrogen and oxygen atoms in total. The molecule has 1 aromatic rings. The molecule has 8 heteroatoms. The number of hydrogen-bond donors (Lipinski definition) is 2. The molecular formula is C16H26N4O3S. The zero-order valence-corrected chi connectivity index (χ0v) is 15.1. The summed E-state index contributed by atoms with van der Waals surface area (Å²) in [6.45, 7) is 5.62. The number of urea groups is 1. The predicted octanol–water partition coefficient (Wildman–Crippen LogP) is 1.29. The van der Waals surface area contributed by atoms with Crippen LogP contribution in [0.2, 0.25) is 0 Å². The minimum Gasteiger partial charge on any atom is -0.395 e. The number of nitrogens with zero attached hydrogens (tertiary/aromatic N) is 3. The van der Waals surface area contributed by atoms with E-state index < -0.39 is 0 Å². The molecule has 134 valence electrons. The Bertz CT molecular complexity index is 535. The van der Waals surface area contributed by atoms with Crippen molar-refractivity contribution < 1.29 is 14.7 Å². The Morgan fingerprint density at radius 2 is 2.33 bits per heavy atom. The molecule has 0 bridgehead atoms. The molecule has 0 spiro atoms. The summed E-state index contributed by atoms with van der Waals surface area (Å²) in [6, 6.07) is -0.269. The van der Waals surface area contributed by atoms with E-state index in [9.17, 15) is 14.7 Å². The normalized spacial score (nSPS) is 17.8. The molecule has 0 radical (unpaired) electrons. The molecule has 0 aromatic carbocycles. The van der Waals surface area contributed by atoms with E-state index >= 15 is 0 Å². The van der Waals surface area contributed by atoms with Gasteiger partial charge in [0.15, 0.2) is 0 Å². The number of amides is 3. The van der Waals surface area contributed by atoms with Crippen LogP contribution in [-0.2, 0) is 11.3 Å². The van der Waals surface area contributed by atoms with Crippen LogP contribution in [-0.4, -0.2) is 64.1 Å². The lowest BCUT2D eigenvalue weighted by Gasteiger charge is -2.35. The average molecular weight is 354 g/mol. The molecular weight excluding hydrogens is 328 g/mol. The molecule has 24 heavy (non-hydrogen) atoms. The highest BCUT2D eigenvalue weighted by atomic mass is 32.1. The average Bonchev–Trinajstić information content (AvgIpc) is 3.07. The molecule has 1 fully saturated rings. The Labute approximate surface area is 146 Å². The largest absolute Gasteiger partial charge is 0.395 e. The number of piperidine rings is 1. The fourth-order valence-electron chi connectivity index (χ4n) is 2.79. The highest BCUT2D eigenvalue weighted by Gasteiger charge is 2.27. The maximum absolute atomic E-state index is 12.5. The molecule has 1 aliphatic rings. The van der Waals surface area contributed by atoms with E-state index in [4.69, 9.17) is 0 Å². The van der Waals surface area contributed by atoms with Crippen molar-refractivity contribution in [2.75, 3.05) is 26.2 Å². The summed E-state index contributed by atoms with van der Waals surface area (Å²) in [7, 11) is 0. The molecule has 0 aliphatic carbocycles. The lowest BCUT2D eigenvalue weighted by atomic mass is 10.0. The molecule has 1 aliphatic heterocycles. The smallest absolute Gasteiger partial charge is 0.318 e. The molecule has 2 rings (SSSR count). The monoisotopic (exact) mass is 354 g/mol. The summed E-state index contributed by atoms with van der Waals surface area (Å²) in [6.07, 6.45) is 3.44. The van der Waals surface area contributed by atoms with Crippen molar-refractivity contribution in [3.8, 4) is 0 Å². The molecule has 2 heterocycles. The number of likely N-dealkylation sites (tertiary alicyclic amines) is 1. The van der Waals surface area contributed by atoms with Crippen molar-refractivity contribution >= 4 is 23.3 Å². The SMILES string of the molecule is CC(C)C(=O)N1CCC[C@@H](NC(=O)N(CCO)Cc2nccs2)C1. The number of aliphatic hydroxyl groups excluding tert-OH is 1. The van der Waals surface area contributed by atoms with Crippen LogP contribution < -0.4 is 5.32 Å². The highest BCUT2D eigenvalue weighted by molar-refractivity contribution is 7.09. The van der Waals surface area contributed by atoms with Gasteiger partial charge in [0.2, 0.25) is 5.91 Å². The zero-order valence-electron chi connectivity index (χ0n) is 14.3. The van der Waals surface area contributed by atoms with Crippen LogP contribution in [0.1, 0.15) is 31.7 Å². The van der Waals surface area contributed by atoms with Gasteiger partial charge in [-0.1, -0.05) is 13.8 Å². The molecule has 0 saturated carbocycles. The Balaban J connectivity index is 1.92. The third kappa shape index (κ3) is 5.17. The van der Waals surface area contributed by atoms with Crippen LogP contribution in [0, 0.1) is 5.92 Å².